The number of likely N-dealkylation sites (tertiary alicyclic amines) is 1. The topological polar surface area (TPSA) is 32.3 Å². The predicted molar refractivity (Wildman–Crippen MR) is 68.8 cm³/mol. The van der Waals surface area contributed by atoms with Crippen molar-refractivity contribution >= 4 is 39.1 Å². The van der Waals surface area contributed by atoms with E-state index in [2.05, 4.69) is 21.2 Å². The van der Waals surface area contributed by atoms with Crippen LogP contribution in [0.25, 0.3) is 0 Å². The van der Waals surface area contributed by atoms with Crippen LogP contribution < -0.4 is 5.32 Å². The van der Waals surface area contributed by atoms with Crippen molar-refractivity contribution in [2.24, 2.45) is 0 Å². The van der Waals surface area contributed by atoms with E-state index in [-0.39, 0.29) is 11.9 Å². The molecule has 1 fully saturated rings. The van der Waals surface area contributed by atoms with Crippen molar-refractivity contribution in [2.75, 3.05) is 18.9 Å². The fourth-order valence-corrected chi connectivity index (χ4v) is 2.55. The van der Waals surface area contributed by atoms with Gasteiger partial charge in [-0.25, -0.2) is 0 Å². The van der Waals surface area contributed by atoms with Gasteiger partial charge in [-0.15, -0.1) is 0 Å². The van der Waals surface area contributed by atoms with Gasteiger partial charge in [-0.05, 0) is 40.5 Å². The number of carbonyl (C=O) groups is 1. The largest absolute Gasteiger partial charge is 0.373 e. The third kappa shape index (κ3) is 2.33. The highest BCUT2D eigenvalue weighted by molar-refractivity contribution is 9.10. The standard InChI is InChI=1S/C11H12BrClN2O/c1-15-5-4-10(11(15)16)14-9-3-2-7(13)6-8(9)12/h2-3,6,10,14H,4-5H2,1H3. The van der Waals surface area contributed by atoms with Crippen molar-refractivity contribution in [3.63, 3.8) is 0 Å². The Balaban J connectivity index is 2.12. The second kappa shape index (κ2) is 4.63. The van der Waals surface area contributed by atoms with Crippen LogP contribution in [0.4, 0.5) is 5.69 Å². The number of benzene rings is 1. The first-order valence-corrected chi connectivity index (χ1v) is 6.21. The Labute approximate surface area is 108 Å². The molecule has 1 amide bonds. The molecule has 3 nitrogen and oxygen atoms in total. The summed E-state index contributed by atoms with van der Waals surface area (Å²) >= 11 is 9.27. The zero-order valence-corrected chi connectivity index (χ0v) is 11.2. The number of rotatable bonds is 2. The molecule has 0 spiro atoms. The first-order chi connectivity index (χ1) is 7.58. The van der Waals surface area contributed by atoms with Crippen LogP contribution in [0.1, 0.15) is 6.42 Å². The van der Waals surface area contributed by atoms with E-state index in [4.69, 9.17) is 11.6 Å². The number of carbonyl (C=O) groups excluding carboxylic acids is 1. The average Bonchev–Trinajstić information content (AvgIpc) is 2.54. The summed E-state index contributed by atoms with van der Waals surface area (Å²) in [6.45, 7) is 0.807. The Morgan fingerprint density at radius 1 is 1.56 bits per heavy atom. The highest BCUT2D eigenvalue weighted by atomic mass is 79.9. The van der Waals surface area contributed by atoms with Crippen LogP contribution in [0.2, 0.25) is 5.02 Å². The normalized spacial score (nSPS) is 20.3. The molecule has 1 heterocycles. The van der Waals surface area contributed by atoms with Crippen molar-refractivity contribution < 1.29 is 4.79 Å². The minimum atomic E-state index is -0.123. The molecule has 5 heteroatoms. The number of nitrogens with one attached hydrogen (secondary N) is 1. The Morgan fingerprint density at radius 3 is 2.88 bits per heavy atom. The number of nitrogens with zero attached hydrogens (tertiary/aromatic N) is 1. The van der Waals surface area contributed by atoms with Gasteiger partial charge in [-0.1, -0.05) is 11.6 Å². The number of anilines is 1. The molecule has 1 aromatic carbocycles. The predicted octanol–water partition coefficient (Wildman–Crippen LogP) is 2.75. The summed E-state index contributed by atoms with van der Waals surface area (Å²) < 4.78 is 0.877. The van der Waals surface area contributed by atoms with Gasteiger partial charge in [0.1, 0.15) is 6.04 Å². The monoisotopic (exact) mass is 302 g/mol. The van der Waals surface area contributed by atoms with E-state index in [1.807, 2.05) is 19.2 Å². The molecule has 86 valence electrons. The lowest BCUT2D eigenvalue weighted by Gasteiger charge is -2.14. The van der Waals surface area contributed by atoms with E-state index in [1.54, 1.807) is 11.0 Å². The van der Waals surface area contributed by atoms with Crippen molar-refractivity contribution in [3.8, 4) is 0 Å². The molecule has 16 heavy (non-hydrogen) atoms. The molecule has 1 atom stereocenters. The molecule has 1 saturated heterocycles. The quantitative estimate of drug-likeness (QED) is 0.911. The van der Waals surface area contributed by atoms with Gasteiger partial charge < -0.3 is 10.2 Å². The summed E-state index contributed by atoms with van der Waals surface area (Å²) in [5.41, 5.74) is 0.901. The maximum Gasteiger partial charge on any atom is 0.244 e. The van der Waals surface area contributed by atoms with Crippen LogP contribution in [0, 0.1) is 0 Å². The highest BCUT2D eigenvalue weighted by Crippen LogP contribution is 2.27. The maximum absolute atomic E-state index is 11.7. The number of hydrogen-bond donors (Lipinski definition) is 1. The van der Waals surface area contributed by atoms with Gasteiger partial charge in [-0.2, -0.15) is 0 Å². The third-order valence-electron chi connectivity index (χ3n) is 2.69. The summed E-state index contributed by atoms with van der Waals surface area (Å²) in [4.78, 5) is 13.4. The molecular weight excluding hydrogens is 291 g/mol. The number of amides is 1. The molecule has 1 aliphatic heterocycles. The van der Waals surface area contributed by atoms with Gasteiger partial charge in [0.15, 0.2) is 0 Å². The van der Waals surface area contributed by atoms with Gasteiger partial charge in [0.05, 0.1) is 0 Å². The van der Waals surface area contributed by atoms with E-state index in [0.717, 1.165) is 23.1 Å². The lowest BCUT2D eigenvalue weighted by Crippen LogP contribution is -2.31. The summed E-state index contributed by atoms with van der Waals surface area (Å²) in [7, 11) is 1.82. The van der Waals surface area contributed by atoms with E-state index in [0.29, 0.717) is 5.02 Å². The minimum absolute atomic E-state index is 0.123. The maximum atomic E-state index is 11.7. The fourth-order valence-electron chi connectivity index (χ4n) is 1.75. The Kier molecular flexibility index (Phi) is 3.40. The SMILES string of the molecule is CN1CCC(Nc2ccc(Cl)cc2Br)C1=O. The molecule has 1 N–H and O–H groups in total. The van der Waals surface area contributed by atoms with Gasteiger partial charge in [-0.3, -0.25) is 4.79 Å². The Morgan fingerprint density at radius 2 is 2.31 bits per heavy atom. The van der Waals surface area contributed by atoms with Crippen LogP contribution >= 0.6 is 27.5 Å². The first-order valence-electron chi connectivity index (χ1n) is 5.04. The van der Waals surface area contributed by atoms with Gasteiger partial charge in [0.2, 0.25) is 5.91 Å². The number of halogens is 2. The Bertz CT molecular complexity index is 424. The molecular formula is C11H12BrClN2O. The zero-order valence-electron chi connectivity index (χ0n) is 8.84. The molecule has 0 aliphatic carbocycles. The van der Waals surface area contributed by atoms with Crippen molar-refractivity contribution in [3.05, 3.63) is 27.7 Å². The van der Waals surface area contributed by atoms with Gasteiger partial charge >= 0.3 is 0 Å². The van der Waals surface area contributed by atoms with Crippen LogP contribution in [-0.4, -0.2) is 30.4 Å². The molecule has 0 saturated carbocycles. The van der Waals surface area contributed by atoms with E-state index in [9.17, 15) is 4.79 Å². The second-order valence-corrected chi connectivity index (χ2v) is 5.16. The fraction of sp³-hybridized carbons (Fsp3) is 0.364. The summed E-state index contributed by atoms with van der Waals surface area (Å²) in [5.74, 6) is 0.141. The lowest BCUT2D eigenvalue weighted by molar-refractivity contribution is -0.127. The summed E-state index contributed by atoms with van der Waals surface area (Å²) in [6, 6.07) is 5.37. The number of hydrogen-bond acceptors (Lipinski definition) is 2. The van der Waals surface area contributed by atoms with Crippen LogP contribution in [0.15, 0.2) is 22.7 Å². The van der Waals surface area contributed by atoms with Crippen LogP contribution in [0.3, 0.4) is 0 Å². The van der Waals surface area contributed by atoms with Gasteiger partial charge in [0, 0.05) is 28.8 Å². The van der Waals surface area contributed by atoms with E-state index < -0.39 is 0 Å². The summed E-state index contributed by atoms with van der Waals surface area (Å²) in [6.07, 6.45) is 0.838. The molecule has 1 aromatic rings. The summed E-state index contributed by atoms with van der Waals surface area (Å²) in [5, 5.41) is 3.89. The molecule has 1 aliphatic rings. The molecule has 0 radical (unpaired) electrons. The molecule has 0 aromatic heterocycles. The number of likely N-dealkylation sites (N-methyl/N-ethyl adjacent to an activating group) is 1. The van der Waals surface area contributed by atoms with Crippen LogP contribution in [0.5, 0.6) is 0 Å². The van der Waals surface area contributed by atoms with Crippen molar-refractivity contribution in [1.82, 2.24) is 4.90 Å². The smallest absolute Gasteiger partial charge is 0.244 e. The first kappa shape index (κ1) is 11.7. The highest BCUT2D eigenvalue weighted by Gasteiger charge is 2.28. The zero-order chi connectivity index (χ0) is 11.7. The van der Waals surface area contributed by atoms with Crippen LogP contribution in [-0.2, 0) is 4.79 Å². The molecule has 2 rings (SSSR count). The van der Waals surface area contributed by atoms with E-state index >= 15 is 0 Å². The Hall–Kier alpha value is -0.740. The lowest BCUT2D eigenvalue weighted by atomic mass is 10.2. The third-order valence-corrected chi connectivity index (χ3v) is 3.58. The van der Waals surface area contributed by atoms with Gasteiger partial charge in [0.25, 0.3) is 0 Å². The second-order valence-electron chi connectivity index (χ2n) is 3.87. The van der Waals surface area contributed by atoms with E-state index in [1.165, 1.54) is 0 Å². The van der Waals surface area contributed by atoms with Crippen molar-refractivity contribution in [2.45, 2.75) is 12.5 Å². The minimum Gasteiger partial charge on any atom is -0.373 e. The average molecular weight is 304 g/mol. The van der Waals surface area contributed by atoms with Crippen molar-refractivity contribution in [1.29, 1.82) is 0 Å². The molecule has 1 unspecified atom stereocenters. The molecule has 0 bridgehead atoms.